The molecular weight excluding hydrogens is 293 g/mol. The van der Waals surface area contributed by atoms with Gasteiger partial charge in [0.05, 0.1) is 5.92 Å². The molecule has 1 aromatic rings. The maximum Gasteiger partial charge on any atom is 0.308 e. The molecule has 0 bridgehead atoms. The van der Waals surface area contributed by atoms with E-state index in [0.29, 0.717) is 11.4 Å². The average Bonchev–Trinajstić information content (AvgIpc) is 2.16. The van der Waals surface area contributed by atoms with E-state index in [1.165, 1.54) is 0 Å². The number of hydrogen-bond donors (Lipinski definition) is 2. The Labute approximate surface area is 108 Å². The van der Waals surface area contributed by atoms with E-state index >= 15 is 0 Å². The van der Waals surface area contributed by atoms with Crippen LogP contribution in [0.3, 0.4) is 0 Å². The summed E-state index contributed by atoms with van der Waals surface area (Å²) in [4.78, 5) is 11.0. The number of hydrogen-bond acceptors (Lipinski definition) is 2. The molecule has 0 aliphatic carbocycles. The highest BCUT2D eigenvalue weighted by atomic mass is 79.9. The Kier molecular flexibility index (Phi) is 4.77. The maximum absolute atomic E-state index is 11.0. The molecule has 1 rings (SSSR count). The first kappa shape index (κ1) is 13.5. The summed E-state index contributed by atoms with van der Waals surface area (Å²) in [5, 5.41) is 9.56. The molecule has 16 heavy (non-hydrogen) atoms. The molecular formula is C11H13BrClNO2. The highest BCUT2D eigenvalue weighted by Crippen LogP contribution is 2.28. The summed E-state index contributed by atoms with van der Waals surface area (Å²) in [5.41, 5.74) is 6.66. The molecule has 3 nitrogen and oxygen atoms in total. The van der Waals surface area contributed by atoms with Crippen molar-refractivity contribution < 1.29 is 9.90 Å². The second kappa shape index (κ2) is 5.66. The first-order valence-corrected chi connectivity index (χ1v) is 6.07. The normalized spacial score (nSPS) is 14.5. The summed E-state index contributed by atoms with van der Waals surface area (Å²) >= 11 is 9.19. The molecule has 1 aromatic carbocycles. The van der Waals surface area contributed by atoms with Gasteiger partial charge < -0.3 is 10.8 Å². The first-order valence-electron chi connectivity index (χ1n) is 4.90. The number of benzene rings is 1. The predicted octanol–water partition coefficient (Wildman–Crippen LogP) is 3.21. The third kappa shape index (κ3) is 3.20. The van der Waals surface area contributed by atoms with E-state index in [-0.39, 0.29) is 0 Å². The fourth-order valence-corrected chi connectivity index (χ4v) is 2.47. The Morgan fingerprint density at radius 1 is 1.56 bits per heavy atom. The molecule has 0 saturated heterocycles. The Morgan fingerprint density at radius 3 is 2.62 bits per heavy atom. The van der Waals surface area contributed by atoms with Crippen molar-refractivity contribution in [3.63, 3.8) is 0 Å². The van der Waals surface area contributed by atoms with E-state index in [9.17, 15) is 4.79 Å². The SMILES string of the molecule is CCC(C(=O)O)C(N)c1cc(Cl)cc(Br)c1. The van der Waals surface area contributed by atoms with Gasteiger partial charge in [-0.3, -0.25) is 4.79 Å². The molecule has 0 aromatic heterocycles. The van der Waals surface area contributed by atoms with Crippen molar-refractivity contribution >= 4 is 33.5 Å². The van der Waals surface area contributed by atoms with Crippen LogP contribution in [0.2, 0.25) is 5.02 Å². The van der Waals surface area contributed by atoms with Crippen molar-refractivity contribution in [2.75, 3.05) is 0 Å². The van der Waals surface area contributed by atoms with Gasteiger partial charge in [0.15, 0.2) is 0 Å². The van der Waals surface area contributed by atoms with Gasteiger partial charge in [-0.1, -0.05) is 34.5 Å². The number of carboxylic acid groups (broad SMARTS) is 1. The number of carbonyl (C=O) groups is 1. The van der Waals surface area contributed by atoms with Crippen molar-refractivity contribution in [3.8, 4) is 0 Å². The van der Waals surface area contributed by atoms with Gasteiger partial charge in [-0.2, -0.15) is 0 Å². The van der Waals surface area contributed by atoms with E-state index in [2.05, 4.69) is 15.9 Å². The standard InChI is InChI=1S/C11H13BrClNO2/c1-2-9(11(15)16)10(14)6-3-7(12)5-8(13)4-6/h3-5,9-10H,2,14H2,1H3,(H,15,16). The molecule has 0 radical (unpaired) electrons. The highest BCUT2D eigenvalue weighted by molar-refractivity contribution is 9.10. The number of rotatable bonds is 4. The lowest BCUT2D eigenvalue weighted by molar-refractivity contribution is -0.142. The summed E-state index contributed by atoms with van der Waals surface area (Å²) in [6, 6.07) is 4.68. The van der Waals surface area contributed by atoms with Gasteiger partial charge >= 0.3 is 5.97 Å². The zero-order valence-corrected chi connectivity index (χ0v) is 11.1. The van der Waals surface area contributed by atoms with Crippen molar-refractivity contribution in [1.29, 1.82) is 0 Å². The molecule has 0 spiro atoms. The Morgan fingerprint density at radius 2 is 2.19 bits per heavy atom. The lowest BCUT2D eigenvalue weighted by atomic mass is 9.92. The zero-order chi connectivity index (χ0) is 12.3. The van der Waals surface area contributed by atoms with Gasteiger partial charge in [0.1, 0.15) is 0 Å². The van der Waals surface area contributed by atoms with Crippen LogP contribution >= 0.6 is 27.5 Å². The number of carboxylic acids is 1. The van der Waals surface area contributed by atoms with Gasteiger partial charge in [-0.15, -0.1) is 0 Å². The second-order valence-corrected chi connectivity index (χ2v) is 4.93. The van der Waals surface area contributed by atoms with Crippen molar-refractivity contribution in [2.45, 2.75) is 19.4 Å². The molecule has 0 heterocycles. The van der Waals surface area contributed by atoms with Gasteiger partial charge in [0, 0.05) is 15.5 Å². The largest absolute Gasteiger partial charge is 0.481 e. The third-order valence-corrected chi connectivity index (χ3v) is 3.14. The van der Waals surface area contributed by atoms with E-state index in [0.717, 1.165) is 10.0 Å². The van der Waals surface area contributed by atoms with Gasteiger partial charge in [-0.05, 0) is 30.2 Å². The topological polar surface area (TPSA) is 63.3 Å². The van der Waals surface area contributed by atoms with Crippen molar-refractivity contribution in [1.82, 2.24) is 0 Å². The minimum Gasteiger partial charge on any atom is -0.481 e. The molecule has 5 heteroatoms. The minimum atomic E-state index is -0.883. The maximum atomic E-state index is 11.0. The van der Waals surface area contributed by atoms with Crippen LogP contribution in [0.25, 0.3) is 0 Å². The molecule has 2 atom stereocenters. The second-order valence-electron chi connectivity index (χ2n) is 3.58. The van der Waals surface area contributed by atoms with E-state index < -0.39 is 17.9 Å². The van der Waals surface area contributed by atoms with Crippen LogP contribution in [0, 0.1) is 5.92 Å². The minimum absolute atomic E-state index is 0.487. The summed E-state index contributed by atoms with van der Waals surface area (Å²) in [6.45, 7) is 1.80. The Balaban J connectivity index is 3.02. The van der Waals surface area contributed by atoms with E-state index in [4.69, 9.17) is 22.4 Å². The molecule has 3 N–H and O–H groups in total. The third-order valence-electron chi connectivity index (χ3n) is 2.46. The Hall–Kier alpha value is -0.580. The van der Waals surface area contributed by atoms with Crippen LogP contribution in [0.1, 0.15) is 24.9 Å². The average molecular weight is 307 g/mol. The number of aliphatic carboxylic acids is 1. The summed E-state index contributed by atoms with van der Waals surface area (Å²) in [7, 11) is 0. The van der Waals surface area contributed by atoms with Crippen LogP contribution < -0.4 is 5.73 Å². The van der Waals surface area contributed by atoms with Gasteiger partial charge in [-0.25, -0.2) is 0 Å². The molecule has 0 aliphatic heterocycles. The van der Waals surface area contributed by atoms with E-state index in [1.807, 2.05) is 0 Å². The fourth-order valence-electron chi connectivity index (χ4n) is 1.58. The van der Waals surface area contributed by atoms with Crippen molar-refractivity contribution in [2.24, 2.45) is 11.7 Å². The van der Waals surface area contributed by atoms with Crippen LogP contribution in [0.4, 0.5) is 0 Å². The summed E-state index contributed by atoms with van der Waals surface area (Å²) in [5.74, 6) is -1.48. The number of halogens is 2. The smallest absolute Gasteiger partial charge is 0.308 e. The zero-order valence-electron chi connectivity index (χ0n) is 8.78. The fraction of sp³-hybridized carbons (Fsp3) is 0.364. The predicted molar refractivity (Wildman–Crippen MR) is 67.5 cm³/mol. The Bertz CT molecular complexity index is 377. The van der Waals surface area contributed by atoms with Crippen LogP contribution in [-0.4, -0.2) is 11.1 Å². The molecule has 0 aliphatic rings. The first-order chi connectivity index (χ1) is 7.45. The van der Waals surface area contributed by atoms with Crippen LogP contribution in [-0.2, 0) is 4.79 Å². The van der Waals surface area contributed by atoms with Crippen LogP contribution in [0.5, 0.6) is 0 Å². The molecule has 0 amide bonds. The lowest BCUT2D eigenvalue weighted by Gasteiger charge is -2.19. The summed E-state index contributed by atoms with van der Waals surface area (Å²) < 4.78 is 0.797. The quantitative estimate of drug-likeness (QED) is 0.898. The van der Waals surface area contributed by atoms with Crippen molar-refractivity contribution in [3.05, 3.63) is 33.3 Å². The number of nitrogens with two attached hydrogens (primary N) is 1. The molecule has 0 saturated carbocycles. The summed E-state index contributed by atoms with van der Waals surface area (Å²) in [6.07, 6.45) is 0.487. The molecule has 2 unspecified atom stereocenters. The highest BCUT2D eigenvalue weighted by Gasteiger charge is 2.24. The van der Waals surface area contributed by atoms with Gasteiger partial charge in [0.2, 0.25) is 0 Å². The van der Waals surface area contributed by atoms with Gasteiger partial charge in [0.25, 0.3) is 0 Å². The molecule has 88 valence electrons. The van der Waals surface area contributed by atoms with Crippen LogP contribution in [0.15, 0.2) is 22.7 Å². The molecule has 0 fully saturated rings. The lowest BCUT2D eigenvalue weighted by Crippen LogP contribution is -2.27. The monoisotopic (exact) mass is 305 g/mol. The van der Waals surface area contributed by atoms with E-state index in [1.54, 1.807) is 25.1 Å².